The van der Waals surface area contributed by atoms with Crippen molar-refractivity contribution in [2.45, 2.75) is 20.4 Å². The minimum Gasteiger partial charge on any atom is -0.457 e. The molecule has 4 aromatic rings. The number of hydrogen-bond acceptors (Lipinski definition) is 3. The fourth-order valence-corrected chi connectivity index (χ4v) is 3.58. The van der Waals surface area contributed by atoms with E-state index in [0.717, 1.165) is 34.1 Å². The lowest BCUT2D eigenvalue weighted by Gasteiger charge is -2.12. The molecule has 1 aromatic heterocycles. The molecule has 0 bridgehead atoms. The molecule has 0 saturated heterocycles. The van der Waals surface area contributed by atoms with Gasteiger partial charge in [-0.15, -0.1) is 0 Å². The lowest BCUT2D eigenvalue weighted by atomic mass is 10.2. The topological polar surface area (TPSA) is 51.1 Å². The third kappa shape index (κ3) is 5.12. The van der Waals surface area contributed by atoms with E-state index in [1.807, 2.05) is 73.1 Å². The summed E-state index contributed by atoms with van der Waals surface area (Å²) in [6.07, 6.45) is 0. The molecule has 0 aliphatic heterocycles. The van der Waals surface area contributed by atoms with E-state index < -0.39 is 0 Å². The van der Waals surface area contributed by atoms with Gasteiger partial charge in [-0.2, -0.15) is 5.10 Å². The first-order valence-corrected chi connectivity index (χ1v) is 10.6. The van der Waals surface area contributed by atoms with Gasteiger partial charge in [-0.3, -0.25) is 4.68 Å². The molecule has 0 amide bonds. The first kappa shape index (κ1) is 21.5. The van der Waals surface area contributed by atoms with Crippen LogP contribution in [0.5, 0.6) is 11.5 Å². The zero-order valence-electron chi connectivity index (χ0n) is 17.8. The van der Waals surface area contributed by atoms with Crippen molar-refractivity contribution in [2.75, 3.05) is 10.6 Å². The summed E-state index contributed by atoms with van der Waals surface area (Å²) in [7, 11) is 0. The Morgan fingerprint density at radius 1 is 0.938 bits per heavy atom. The minimum atomic E-state index is -0.363. The third-order valence-corrected chi connectivity index (χ3v) is 5.16. The van der Waals surface area contributed by atoms with Crippen molar-refractivity contribution in [3.05, 3.63) is 102 Å². The maximum absolute atomic E-state index is 13.9. The van der Waals surface area contributed by atoms with Gasteiger partial charge in [-0.1, -0.05) is 42.5 Å². The van der Waals surface area contributed by atoms with Crippen molar-refractivity contribution in [1.82, 2.24) is 9.78 Å². The summed E-state index contributed by atoms with van der Waals surface area (Å²) >= 11 is 5.37. The van der Waals surface area contributed by atoms with Crippen LogP contribution >= 0.6 is 12.2 Å². The summed E-state index contributed by atoms with van der Waals surface area (Å²) in [5.41, 5.74) is 3.91. The summed E-state index contributed by atoms with van der Waals surface area (Å²) in [5, 5.41) is 11.0. The highest BCUT2D eigenvalue weighted by atomic mass is 32.1. The molecular formula is C25H23FN4OS. The molecule has 0 saturated carbocycles. The Morgan fingerprint density at radius 3 is 2.44 bits per heavy atom. The quantitative estimate of drug-likeness (QED) is 0.341. The Labute approximate surface area is 191 Å². The average molecular weight is 447 g/mol. The van der Waals surface area contributed by atoms with Crippen LogP contribution < -0.4 is 15.4 Å². The first-order chi connectivity index (χ1) is 15.5. The second-order valence-electron chi connectivity index (χ2n) is 7.32. The number of nitrogens with zero attached hydrogens (tertiary/aromatic N) is 2. The highest BCUT2D eigenvalue weighted by molar-refractivity contribution is 7.80. The van der Waals surface area contributed by atoms with Crippen molar-refractivity contribution < 1.29 is 9.13 Å². The van der Waals surface area contributed by atoms with Crippen LogP contribution in [0.1, 0.15) is 17.0 Å². The number of para-hydroxylation sites is 2. The van der Waals surface area contributed by atoms with Crippen molar-refractivity contribution >= 4 is 28.7 Å². The number of thiocarbonyl (C=S) groups is 1. The van der Waals surface area contributed by atoms with E-state index in [0.29, 0.717) is 17.3 Å². The van der Waals surface area contributed by atoms with Gasteiger partial charge in [0, 0.05) is 0 Å². The molecule has 7 heteroatoms. The van der Waals surface area contributed by atoms with Gasteiger partial charge in [-0.05, 0) is 68.0 Å². The number of nitrogens with one attached hydrogen (secondary N) is 2. The number of anilines is 2. The summed E-state index contributed by atoms with van der Waals surface area (Å²) < 4.78 is 21.7. The van der Waals surface area contributed by atoms with Crippen LogP contribution in [0.4, 0.5) is 15.8 Å². The largest absolute Gasteiger partial charge is 0.457 e. The van der Waals surface area contributed by atoms with Crippen molar-refractivity contribution in [2.24, 2.45) is 0 Å². The fourth-order valence-electron chi connectivity index (χ4n) is 3.37. The van der Waals surface area contributed by atoms with Crippen LogP contribution in [0.3, 0.4) is 0 Å². The van der Waals surface area contributed by atoms with Crippen LogP contribution in [0, 0.1) is 19.7 Å². The Bertz CT molecular complexity index is 1240. The fraction of sp³-hybridized carbons (Fsp3) is 0.120. The van der Waals surface area contributed by atoms with Crippen LogP contribution in [0.2, 0.25) is 0 Å². The van der Waals surface area contributed by atoms with E-state index >= 15 is 0 Å². The van der Waals surface area contributed by atoms with Gasteiger partial charge in [0.2, 0.25) is 0 Å². The number of hydrogen-bond donors (Lipinski definition) is 2. The van der Waals surface area contributed by atoms with E-state index in [2.05, 4.69) is 15.7 Å². The summed E-state index contributed by atoms with van der Waals surface area (Å²) in [5.74, 6) is 1.19. The molecule has 32 heavy (non-hydrogen) atoms. The SMILES string of the molecule is Cc1nn(Cc2cccc(Oc3ccccc3)c2)c(C)c1NC(=S)Nc1ccccc1F. The van der Waals surface area contributed by atoms with Crippen molar-refractivity contribution in [1.29, 1.82) is 0 Å². The van der Waals surface area contributed by atoms with Crippen LogP contribution in [-0.2, 0) is 6.54 Å². The van der Waals surface area contributed by atoms with Crippen LogP contribution in [0.25, 0.3) is 0 Å². The monoisotopic (exact) mass is 446 g/mol. The molecule has 0 fully saturated rings. The van der Waals surface area contributed by atoms with Crippen molar-refractivity contribution in [3.63, 3.8) is 0 Å². The molecule has 0 unspecified atom stereocenters. The molecule has 0 radical (unpaired) electrons. The molecule has 1 heterocycles. The van der Waals surface area contributed by atoms with Gasteiger partial charge >= 0.3 is 0 Å². The molecule has 162 valence electrons. The van der Waals surface area contributed by atoms with E-state index in [9.17, 15) is 4.39 Å². The van der Waals surface area contributed by atoms with Gasteiger partial charge in [-0.25, -0.2) is 4.39 Å². The average Bonchev–Trinajstić information content (AvgIpc) is 3.03. The first-order valence-electron chi connectivity index (χ1n) is 10.2. The van der Waals surface area contributed by atoms with Gasteiger partial charge in [0.1, 0.15) is 17.3 Å². The van der Waals surface area contributed by atoms with Crippen molar-refractivity contribution in [3.8, 4) is 11.5 Å². The Hall–Kier alpha value is -3.71. The Balaban J connectivity index is 1.47. The number of aryl methyl sites for hydroxylation is 1. The van der Waals surface area contributed by atoms with Gasteiger partial charge in [0.05, 0.1) is 29.3 Å². The number of halogens is 1. The molecule has 0 spiro atoms. The lowest BCUT2D eigenvalue weighted by molar-refractivity contribution is 0.481. The van der Waals surface area contributed by atoms with Gasteiger partial charge in [0.25, 0.3) is 0 Å². The van der Waals surface area contributed by atoms with E-state index in [4.69, 9.17) is 17.0 Å². The van der Waals surface area contributed by atoms with Crippen LogP contribution in [0.15, 0.2) is 78.9 Å². The Morgan fingerprint density at radius 2 is 1.66 bits per heavy atom. The highest BCUT2D eigenvalue weighted by Gasteiger charge is 2.14. The summed E-state index contributed by atoms with van der Waals surface area (Å²) in [6.45, 7) is 4.46. The second-order valence-corrected chi connectivity index (χ2v) is 7.73. The molecule has 0 atom stereocenters. The predicted octanol–water partition coefficient (Wildman–Crippen LogP) is 6.29. The van der Waals surface area contributed by atoms with Gasteiger partial charge < -0.3 is 15.4 Å². The normalized spacial score (nSPS) is 10.6. The predicted molar refractivity (Wildman–Crippen MR) is 130 cm³/mol. The molecule has 0 aliphatic rings. The standard InChI is InChI=1S/C25H23FN4OS/c1-17-24(28-25(32)27-23-14-7-6-13-22(23)26)18(2)30(29-17)16-19-9-8-12-21(15-19)31-20-10-4-3-5-11-20/h3-15H,16H2,1-2H3,(H2,27,28,32). The maximum Gasteiger partial charge on any atom is 0.175 e. The molecule has 0 aliphatic carbocycles. The summed E-state index contributed by atoms with van der Waals surface area (Å²) in [6, 6.07) is 24.0. The number of ether oxygens (including phenoxy) is 1. The number of aromatic nitrogens is 2. The summed E-state index contributed by atoms with van der Waals surface area (Å²) in [4.78, 5) is 0. The molecule has 3 aromatic carbocycles. The minimum absolute atomic E-state index is 0.305. The third-order valence-electron chi connectivity index (χ3n) is 4.95. The number of rotatable bonds is 6. The smallest absolute Gasteiger partial charge is 0.175 e. The maximum atomic E-state index is 13.9. The zero-order valence-corrected chi connectivity index (χ0v) is 18.6. The lowest BCUT2D eigenvalue weighted by Crippen LogP contribution is -2.20. The zero-order chi connectivity index (χ0) is 22.5. The van der Waals surface area contributed by atoms with E-state index in [-0.39, 0.29) is 5.82 Å². The van der Waals surface area contributed by atoms with Gasteiger partial charge in [0.15, 0.2) is 5.11 Å². The van der Waals surface area contributed by atoms with E-state index in [1.165, 1.54) is 6.07 Å². The molecule has 2 N–H and O–H groups in total. The molecule has 4 rings (SSSR count). The number of benzene rings is 3. The molecule has 5 nitrogen and oxygen atoms in total. The molecular weight excluding hydrogens is 423 g/mol. The Kier molecular flexibility index (Phi) is 6.47. The van der Waals surface area contributed by atoms with Crippen LogP contribution in [-0.4, -0.2) is 14.9 Å². The van der Waals surface area contributed by atoms with E-state index in [1.54, 1.807) is 18.2 Å². The second kappa shape index (κ2) is 9.62. The highest BCUT2D eigenvalue weighted by Crippen LogP contribution is 2.24.